The number of hydrogen-bond donors (Lipinski definition) is 0. The molecule has 0 saturated carbocycles. The van der Waals surface area contributed by atoms with Crippen LogP contribution in [0.3, 0.4) is 0 Å². The highest BCUT2D eigenvalue weighted by Crippen LogP contribution is 2.29. The van der Waals surface area contributed by atoms with Crippen molar-refractivity contribution in [3.63, 3.8) is 0 Å². The van der Waals surface area contributed by atoms with Crippen molar-refractivity contribution in [1.29, 1.82) is 0 Å². The molecule has 0 aromatic heterocycles. The highest BCUT2D eigenvalue weighted by molar-refractivity contribution is 9.10. The van der Waals surface area contributed by atoms with Crippen LogP contribution in [0.2, 0.25) is 0 Å². The van der Waals surface area contributed by atoms with E-state index in [0.29, 0.717) is 12.7 Å². The molecule has 0 aliphatic carbocycles. The van der Waals surface area contributed by atoms with Crippen LogP contribution in [0.25, 0.3) is 0 Å². The highest BCUT2D eigenvalue weighted by atomic mass is 79.9. The van der Waals surface area contributed by atoms with Crippen molar-refractivity contribution in [2.75, 3.05) is 20.3 Å². The maximum Gasteiger partial charge on any atom is 0.120 e. The molecule has 0 unspecified atom stereocenters. The molecule has 4 heteroatoms. The van der Waals surface area contributed by atoms with Gasteiger partial charge in [0.1, 0.15) is 11.9 Å². The van der Waals surface area contributed by atoms with Crippen LogP contribution in [0.15, 0.2) is 22.7 Å². The lowest BCUT2D eigenvalue weighted by Crippen LogP contribution is -2.06. The van der Waals surface area contributed by atoms with E-state index in [1.54, 1.807) is 7.11 Å². The Morgan fingerprint density at radius 3 is 2.88 bits per heavy atom. The molecule has 3 nitrogen and oxygen atoms in total. The molecule has 0 bridgehead atoms. The van der Waals surface area contributed by atoms with Crippen LogP contribution in [0, 0.1) is 0 Å². The molecule has 2 rings (SSSR count). The van der Waals surface area contributed by atoms with Gasteiger partial charge in [0.15, 0.2) is 0 Å². The summed E-state index contributed by atoms with van der Waals surface area (Å²) in [6.07, 6.45) is 0.365. The molecule has 1 fully saturated rings. The van der Waals surface area contributed by atoms with Gasteiger partial charge in [-0.1, -0.05) is 22.0 Å². The van der Waals surface area contributed by atoms with Gasteiger partial charge in [-0.2, -0.15) is 0 Å². The third-order valence-electron chi connectivity index (χ3n) is 2.58. The summed E-state index contributed by atoms with van der Waals surface area (Å²) in [6, 6.07) is 5.90. The largest absolute Gasteiger partial charge is 0.497 e. The van der Waals surface area contributed by atoms with Crippen LogP contribution < -0.4 is 4.74 Å². The molecule has 1 heterocycles. The molecular formula is C12H15BrO3. The summed E-state index contributed by atoms with van der Waals surface area (Å²) in [5.74, 6) is 0.841. The summed E-state index contributed by atoms with van der Waals surface area (Å²) in [5.41, 5.74) is 1.13. The van der Waals surface area contributed by atoms with Crippen molar-refractivity contribution < 1.29 is 14.2 Å². The Bertz CT molecular complexity index is 363. The van der Waals surface area contributed by atoms with Crippen LogP contribution in [0.4, 0.5) is 0 Å². The normalized spacial score (nSPS) is 20.6. The summed E-state index contributed by atoms with van der Waals surface area (Å²) in [4.78, 5) is 0. The number of methoxy groups -OCH3 is 1. The third-order valence-corrected chi connectivity index (χ3v) is 3.27. The first kappa shape index (κ1) is 11.9. The van der Waals surface area contributed by atoms with E-state index in [4.69, 9.17) is 14.2 Å². The molecule has 1 aromatic rings. The standard InChI is InChI=1S/C12H15BrO3/c1-8(15-6-10-7-16-10)11-4-3-9(14-2)5-12(11)13/h3-5,8,10H,6-7H2,1-2H3/t8-,10+/m1/s1. The van der Waals surface area contributed by atoms with Gasteiger partial charge in [-0.3, -0.25) is 0 Å². The summed E-state index contributed by atoms with van der Waals surface area (Å²) >= 11 is 3.52. The van der Waals surface area contributed by atoms with Crippen molar-refractivity contribution in [3.8, 4) is 5.75 Å². The van der Waals surface area contributed by atoms with E-state index >= 15 is 0 Å². The molecule has 1 aliphatic rings. The van der Waals surface area contributed by atoms with Crippen molar-refractivity contribution >= 4 is 15.9 Å². The first-order chi connectivity index (χ1) is 7.70. The van der Waals surface area contributed by atoms with Gasteiger partial charge in [-0.25, -0.2) is 0 Å². The maximum absolute atomic E-state index is 5.71. The van der Waals surface area contributed by atoms with E-state index in [-0.39, 0.29) is 6.10 Å². The Labute approximate surface area is 104 Å². The van der Waals surface area contributed by atoms with Gasteiger partial charge in [-0.05, 0) is 24.6 Å². The predicted octanol–water partition coefficient (Wildman–Crippen LogP) is 2.93. The van der Waals surface area contributed by atoms with Crippen molar-refractivity contribution in [2.24, 2.45) is 0 Å². The second-order valence-electron chi connectivity index (χ2n) is 3.82. The van der Waals surface area contributed by atoms with Crippen molar-refractivity contribution in [1.82, 2.24) is 0 Å². The van der Waals surface area contributed by atoms with E-state index in [9.17, 15) is 0 Å². The third kappa shape index (κ3) is 2.97. The Kier molecular flexibility index (Phi) is 3.84. The number of benzene rings is 1. The summed E-state index contributed by atoms with van der Waals surface area (Å²) in [5, 5.41) is 0. The van der Waals surface area contributed by atoms with E-state index in [2.05, 4.69) is 15.9 Å². The summed E-state index contributed by atoms with van der Waals surface area (Å²) < 4.78 is 17.0. The lowest BCUT2D eigenvalue weighted by Gasteiger charge is -2.15. The van der Waals surface area contributed by atoms with Gasteiger partial charge in [0.2, 0.25) is 0 Å². The Hall–Kier alpha value is -0.580. The van der Waals surface area contributed by atoms with E-state index in [0.717, 1.165) is 22.4 Å². The smallest absolute Gasteiger partial charge is 0.120 e. The average molecular weight is 287 g/mol. The zero-order chi connectivity index (χ0) is 11.5. The summed E-state index contributed by atoms with van der Waals surface area (Å²) in [6.45, 7) is 3.53. The second-order valence-corrected chi connectivity index (χ2v) is 4.67. The van der Waals surface area contributed by atoms with Crippen LogP contribution >= 0.6 is 15.9 Å². The second kappa shape index (κ2) is 5.17. The Morgan fingerprint density at radius 2 is 2.31 bits per heavy atom. The monoisotopic (exact) mass is 286 g/mol. The van der Waals surface area contributed by atoms with Gasteiger partial charge in [-0.15, -0.1) is 0 Å². The number of rotatable bonds is 5. The molecule has 0 radical (unpaired) electrons. The van der Waals surface area contributed by atoms with Gasteiger partial charge in [0.05, 0.1) is 26.4 Å². The van der Waals surface area contributed by atoms with Gasteiger partial charge in [0, 0.05) is 4.47 Å². The minimum absolute atomic E-state index is 0.0597. The van der Waals surface area contributed by atoms with Gasteiger partial charge >= 0.3 is 0 Å². The first-order valence-corrected chi connectivity index (χ1v) is 6.06. The molecule has 88 valence electrons. The molecule has 0 N–H and O–H groups in total. The van der Waals surface area contributed by atoms with Gasteiger partial charge in [0.25, 0.3) is 0 Å². The first-order valence-electron chi connectivity index (χ1n) is 5.27. The maximum atomic E-state index is 5.71. The number of hydrogen-bond acceptors (Lipinski definition) is 3. The van der Waals surface area contributed by atoms with E-state index in [1.807, 2.05) is 25.1 Å². The van der Waals surface area contributed by atoms with Crippen molar-refractivity contribution in [2.45, 2.75) is 19.1 Å². The minimum atomic E-state index is 0.0597. The minimum Gasteiger partial charge on any atom is -0.497 e. The fraction of sp³-hybridized carbons (Fsp3) is 0.500. The molecule has 1 aliphatic heterocycles. The fourth-order valence-electron chi connectivity index (χ4n) is 1.47. The SMILES string of the molecule is COc1ccc([C@@H](C)OC[C@H]2CO2)c(Br)c1. The zero-order valence-corrected chi connectivity index (χ0v) is 11.0. The number of epoxide rings is 1. The fourth-order valence-corrected chi connectivity index (χ4v) is 2.15. The quantitative estimate of drug-likeness (QED) is 0.780. The van der Waals surface area contributed by atoms with Crippen LogP contribution in [0.5, 0.6) is 5.75 Å². The highest BCUT2D eigenvalue weighted by Gasteiger charge is 2.24. The zero-order valence-electron chi connectivity index (χ0n) is 9.40. The molecule has 2 atom stereocenters. The van der Waals surface area contributed by atoms with Gasteiger partial charge < -0.3 is 14.2 Å². The number of ether oxygens (including phenoxy) is 3. The van der Waals surface area contributed by atoms with Crippen LogP contribution in [-0.4, -0.2) is 26.4 Å². The molecule has 1 saturated heterocycles. The Balaban J connectivity index is 2.00. The summed E-state index contributed by atoms with van der Waals surface area (Å²) in [7, 11) is 1.66. The van der Waals surface area contributed by atoms with E-state index in [1.165, 1.54) is 0 Å². The van der Waals surface area contributed by atoms with Crippen LogP contribution in [0.1, 0.15) is 18.6 Å². The Morgan fingerprint density at radius 1 is 1.56 bits per heavy atom. The topological polar surface area (TPSA) is 31.0 Å². The average Bonchev–Trinajstić information content (AvgIpc) is 3.09. The molecule has 1 aromatic carbocycles. The van der Waals surface area contributed by atoms with E-state index < -0.39 is 0 Å². The molecule has 0 spiro atoms. The molecule has 16 heavy (non-hydrogen) atoms. The lowest BCUT2D eigenvalue weighted by atomic mass is 10.1. The molecular weight excluding hydrogens is 272 g/mol. The number of halogens is 1. The lowest BCUT2D eigenvalue weighted by molar-refractivity contribution is 0.0535. The van der Waals surface area contributed by atoms with Crippen LogP contribution in [-0.2, 0) is 9.47 Å². The molecule has 0 amide bonds. The predicted molar refractivity (Wildman–Crippen MR) is 64.8 cm³/mol. The van der Waals surface area contributed by atoms with Crippen molar-refractivity contribution in [3.05, 3.63) is 28.2 Å².